The summed E-state index contributed by atoms with van der Waals surface area (Å²) in [6, 6.07) is 0. The first kappa shape index (κ1) is 9.10. The van der Waals surface area contributed by atoms with Crippen molar-refractivity contribution in [2.24, 2.45) is 17.8 Å². The molecule has 1 aromatic rings. The Labute approximate surface area is 92.9 Å². The van der Waals surface area contributed by atoms with Gasteiger partial charge >= 0.3 is 0 Å². The molecule has 2 aliphatic rings. The van der Waals surface area contributed by atoms with Crippen LogP contribution in [0.3, 0.4) is 0 Å². The first-order valence-corrected chi connectivity index (χ1v) is 6.44. The zero-order chi connectivity index (χ0) is 9.54. The van der Waals surface area contributed by atoms with Crippen LogP contribution in [0.4, 0.5) is 0 Å². The highest BCUT2D eigenvalue weighted by Crippen LogP contribution is 2.49. The molecule has 2 nitrogen and oxygen atoms in total. The molecule has 0 saturated heterocycles. The third-order valence-electron chi connectivity index (χ3n) is 3.77. The van der Waals surface area contributed by atoms with Crippen LogP contribution in [0.2, 0.25) is 4.47 Å². The summed E-state index contributed by atoms with van der Waals surface area (Å²) in [4.78, 5) is 4.23. The van der Waals surface area contributed by atoms with Gasteiger partial charge in [0.05, 0.1) is 0 Å². The van der Waals surface area contributed by atoms with E-state index >= 15 is 0 Å². The predicted octanol–water partition coefficient (Wildman–Crippen LogP) is 3.17. The maximum Gasteiger partial charge on any atom is 0.203 e. The summed E-state index contributed by atoms with van der Waals surface area (Å²) in [5.41, 5.74) is 0. The van der Waals surface area contributed by atoms with Crippen LogP contribution in [0.5, 0.6) is 0 Å². The second kappa shape index (κ2) is 3.46. The van der Waals surface area contributed by atoms with Crippen LogP contribution in [0.1, 0.15) is 31.5 Å². The molecular formula is C10H13ClN2S. The lowest BCUT2D eigenvalue weighted by atomic mass is 9.86. The van der Waals surface area contributed by atoms with E-state index in [0.717, 1.165) is 30.0 Å². The fraction of sp³-hybridized carbons (Fsp3) is 0.800. The van der Waals surface area contributed by atoms with Gasteiger partial charge in [-0.25, -0.2) is 4.98 Å². The summed E-state index contributed by atoms with van der Waals surface area (Å²) < 4.78 is 4.85. The minimum absolute atomic E-state index is 0.586. The van der Waals surface area contributed by atoms with E-state index in [4.69, 9.17) is 11.6 Å². The number of hydrogen-bond donors (Lipinski definition) is 0. The lowest BCUT2D eigenvalue weighted by Crippen LogP contribution is -2.13. The molecule has 0 aromatic carbocycles. The average Bonchev–Trinajstić information content (AvgIpc) is 2.82. The van der Waals surface area contributed by atoms with E-state index in [1.54, 1.807) is 0 Å². The van der Waals surface area contributed by atoms with Crippen molar-refractivity contribution in [2.45, 2.75) is 32.1 Å². The molecule has 2 fully saturated rings. The van der Waals surface area contributed by atoms with Crippen LogP contribution in [0.25, 0.3) is 0 Å². The van der Waals surface area contributed by atoms with E-state index in [1.165, 1.54) is 37.2 Å². The molecular weight excluding hydrogens is 216 g/mol. The first-order chi connectivity index (χ1) is 6.81. The quantitative estimate of drug-likeness (QED) is 0.777. The molecule has 0 amide bonds. The van der Waals surface area contributed by atoms with Gasteiger partial charge in [-0.1, -0.05) is 6.42 Å². The van der Waals surface area contributed by atoms with E-state index < -0.39 is 0 Å². The highest BCUT2D eigenvalue weighted by Gasteiger charge is 2.39. The van der Waals surface area contributed by atoms with Crippen LogP contribution in [-0.2, 0) is 6.42 Å². The molecule has 4 heteroatoms. The lowest BCUT2D eigenvalue weighted by molar-refractivity contribution is 0.327. The van der Waals surface area contributed by atoms with E-state index in [9.17, 15) is 0 Å². The van der Waals surface area contributed by atoms with Crippen molar-refractivity contribution < 1.29 is 0 Å². The number of hydrogen-bond acceptors (Lipinski definition) is 3. The summed E-state index contributed by atoms with van der Waals surface area (Å²) in [6.45, 7) is 0. The molecule has 76 valence electrons. The van der Waals surface area contributed by atoms with Gasteiger partial charge in [0.25, 0.3) is 0 Å². The van der Waals surface area contributed by atoms with Crippen LogP contribution in [0.15, 0.2) is 0 Å². The summed E-state index contributed by atoms with van der Waals surface area (Å²) in [6.07, 6.45) is 6.83. The topological polar surface area (TPSA) is 25.8 Å². The van der Waals surface area contributed by atoms with Crippen LogP contribution < -0.4 is 0 Å². The molecule has 3 unspecified atom stereocenters. The molecule has 2 aliphatic carbocycles. The van der Waals surface area contributed by atoms with Crippen LogP contribution >= 0.6 is 23.1 Å². The number of halogens is 1. The minimum Gasteiger partial charge on any atom is -0.208 e. The fourth-order valence-electron chi connectivity index (χ4n) is 3.18. The minimum atomic E-state index is 0.586. The van der Waals surface area contributed by atoms with Gasteiger partial charge in [-0.3, -0.25) is 0 Å². The van der Waals surface area contributed by atoms with Crippen molar-refractivity contribution in [3.63, 3.8) is 0 Å². The van der Waals surface area contributed by atoms with E-state index in [2.05, 4.69) is 9.36 Å². The summed E-state index contributed by atoms with van der Waals surface area (Å²) in [7, 11) is 0. The third kappa shape index (κ3) is 1.57. The van der Waals surface area contributed by atoms with E-state index in [1.807, 2.05) is 0 Å². The van der Waals surface area contributed by atoms with Gasteiger partial charge in [-0.05, 0) is 60.1 Å². The Hall–Kier alpha value is -0.150. The van der Waals surface area contributed by atoms with Crippen LogP contribution in [-0.4, -0.2) is 9.36 Å². The Bertz CT molecular complexity index is 339. The molecule has 2 bridgehead atoms. The molecule has 0 aliphatic heterocycles. The first-order valence-electron chi connectivity index (χ1n) is 5.29. The Morgan fingerprint density at radius 1 is 1.36 bits per heavy atom. The largest absolute Gasteiger partial charge is 0.208 e. The van der Waals surface area contributed by atoms with Gasteiger partial charge in [0.15, 0.2) is 0 Å². The molecule has 0 N–H and O–H groups in total. The summed E-state index contributed by atoms with van der Waals surface area (Å²) in [5, 5.41) is 0. The lowest BCUT2D eigenvalue weighted by Gasteiger charge is -2.19. The normalized spacial score (nSPS) is 35.4. The van der Waals surface area contributed by atoms with Crippen LogP contribution in [0, 0.1) is 17.8 Å². The summed E-state index contributed by atoms with van der Waals surface area (Å²) in [5.74, 6) is 3.79. The van der Waals surface area contributed by atoms with Crippen molar-refractivity contribution in [1.82, 2.24) is 9.36 Å². The van der Waals surface area contributed by atoms with Crippen molar-refractivity contribution in [1.29, 1.82) is 0 Å². The summed E-state index contributed by atoms with van der Waals surface area (Å²) >= 11 is 7.08. The molecule has 2 saturated carbocycles. The van der Waals surface area contributed by atoms with Gasteiger partial charge in [-0.2, -0.15) is 4.37 Å². The maximum atomic E-state index is 5.77. The van der Waals surface area contributed by atoms with Gasteiger partial charge in [0.1, 0.15) is 5.82 Å². The standard InChI is InChI=1S/C10H13ClN2S/c11-10-12-9(13-14-10)5-8-4-6-1-2-7(8)3-6/h6-8H,1-5H2. The Morgan fingerprint density at radius 3 is 2.86 bits per heavy atom. The maximum absolute atomic E-state index is 5.77. The number of nitrogens with zero attached hydrogens (tertiary/aromatic N) is 2. The zero-order valence-electron chi connectivity index (χ0n) is 7.95. The molecule has 14 heavy (non-hydrogen) atoms. The fourth-order valence-corrected chi connectivity index (χ4v) is 3.82. The molecule has 1 aromatic heterocycles. The Balaban J connectivity index is 1.68. The molecule has 3 atom stereocenters. The zero-order valence-corrected chi connectivity index (χ0v) is 9.52. The van der Waals surface area contributed by atoms with Crippen molar-refractivity contribution in [3.05, 3.63) is 10.3 Å². The average molecular weight is 229 g/mol. The monoisotopic (exact) mass is 228 g/mol. The smallest absolute Gasteiger partial charge is 0.203 e. The molecule has 0 spiro atoms. The molecule has 0 radical (unpaired) electrons. The van der Waals surface area contributed by atoms with Gasteiger partial charge in [0.2, 0.25) is 4.47 Å². The SMILES string of the molecule is Clc1nc(CC2CC3CCC2C3)ns1. The molecule has 1 heterocycles. The van der Waals surface area contributed by atoms with E-state index in [-0.39, 0.29) is 0 Å². The highest BCUT2D eigenvalue weighted by atomic mass is 35.5. The van der Waals surface area contributed by atoms with Gasteiger partial charge in [0, 0.05) is 6.42 Å². The molecule has 3 rings (SSSR count). The van der Waals surface area contributed by atoms with Crippen molar-refractivity contribution in [3.8, 4) is 0 Å². The van der Waals surface area contributed by atoms with Gasteiger partial charge in [-0.15, -0.1) is 0 Å². The van der Waals surface area contributed by atoms with Gasteiger partial charge < -0.3 is 0 Å². The second-order valence-corrected chi connectivity index (χ2v) is 5.94. The van der Waals surface area contributed by atoms with E-state index in [0.29, 0.717) is 4.47 Å². The Kier molecular flexibility index (Phi) is 2.25. The number of rotatable bonds is 2. The number of aromatic nitrogens is 2. The van der Waals surface area contributed by atoms with Crippen molar-refractivity contribution in [2.75, 3.05) is 0 Å². The second-order valence-electron chi connectivity index (χ2n) is 4.60. The van der Waals surface area contributed by atoms with Crippen molar-refractivity contribution >= 4 is 23.1 Å². The highest BCUT2D eigenvalue weighted by molar-refractivity contribution is 7.10. The third-order valence-corrected chi connectivity index (χ3v) is 4.61. The number of fused-ring (bicyclic) bond motifs is 2. The Morgan fingerprint density at radius 2 is 2.29 bits per heavy atom. The predicted molar refractivity (Wildman–Crippen MR) is 57.6 cm³/mol.